The van der Waals surface area contributed by atoms with Crippen molar-refractivity contribution in [3.63, 3.8) is 0 Å². The predicted molar refractivity (Wildman–Crippen MR) is 108 cm³/mol. The lowest BCUT2D eigenvalue weighted by molar-refractivity contribution is -0.384. The van der Waals surface area contributed by atoms with Crippen LogP contribution in [-0.4, -0.2) is 34.7 Å². The molecular weight excluding hydrogens is 372 g/mol. The number of hydrogen-bond donors (Lipinski definition) is 2. The van der Waals surface area contributed by atoms with Gasteiger partial charge in [0.15, 0.2) is 5.69 Å². The van der Waals surface area contributed by atoms with E-state index in [9.17, 15) is 14.9 Å². The Morgan fingerprint density at radius 2 is 2.03 bits per heavy atom. The van der Waals surface area contributed by atoms with Gasteiger partial charge in [0, 0.05) is 35.0 Å². The number of amides is 1. The largest absolute Gasteiger partial charge is 0.496 e. The van der Waals surface area contributed by atoms with Gasteiger partial charge in [0.05, 0.1) is 17.5 Å². The molecule has 2 N–H and O–H groups in total. The zero-order chi connectivity index (χ0) is 20.4. The summed E-state index contributed by atoms with van der Waals surface area (Å²) in [5, 5.41) is 21.4. The van der Waals surface area contributed by atoms with Gasteiger partial charge in [-0.05, 0) is 25.0 Å². The first-order valence-corrected chi connectivity index (χ1v) is 9.58. The van der Waals surface area contributed by atoms with Crippen LogP contribution in [0.4, 0.5) is 5.69 Å². The van der Waals surface area contributed by atoms with Crippen LogP contribution >= 0.6 is 0 Å². The summed E-state index contributed by atoms with van der Waals surface area (Å²) in [6.45, 7) is 0.454. The number of ether oxygens (including phenoxy) is 1. The lowest BCUT2D eigenvalue weighted by atomic mass is 9.78. The van der Waals surface area contributed by atoms with Gasteiger partial charge < -0.3 is 10.1 Å². The van der Waals surface area contributed by atoms with Crippen molar-refractivity contribution >= 4 is 22.5 Å². The first-order valence-electron chi connectivity index (χ1n) is 9.58. The molecule has 0 atom stereocenters. The summed E-state index contributed by atoms with van der Waals surface area (Å²) in [7, 11) is 1.66. The Morgan fingerprint density at radius 3 is 2.76 bits per heavy atom. The average Bonchev–Trinajstić information content (AvgIpc) is 3.39. The van der Waals surface area contributed by atoms with Crippen molar-refractivity contribution in [1.82, 2.24) is 15.5 Å². The third kappa shape index (κ3) is 3.41. The summed E-state index contributed by atoms with van der Waals surface area (Å²) < 4.78 is 5.56. The van der Waals surface area contributed by atoms with Crippen LogP contribution < -0.4 is 10.1 Å². The van der Waals surface area contributed by atoms with E-state index in [1.807, 2.05) is 18.2 Å². The molecule has 0 unspecified atom stereocenters. The minimum Gasteiger partial charge on any atom is -0.496 e. The Kier molecular flexibility index (Phi) is 4.92. The van der Waals surface area contributed by atoms with Crippen LogP contribution in [0.25, 0.3) is 10.9 Å². The van der Waals surface area contributed by atoms with Gasteiger partial charge in [0.1, 0.15) is 5.75 Å². The zero-order valence-corrected chi connectivity index (χ0v) is 16.1. The highest BCUT2D eigenvalue weighted by Crippen LogP contribution is 2.44. The summed E-state index contributed by atoms with van der Waals surface area (Å²) in [5.41, 5.74) is 1.58. The molecule has 0 saturated heterocycles. The third-order valence-corrected chi connectivity index (χ3v) is 5.80. The summed E-state index contributed by atoms with van der Waals surface area (Å²) >= 11 is 0. The van der Waals surface area contributed by atoms with E-state index >= 15 is 0 Å². The molecule has 8 nitrogen and oxygen atoms in total. The number of carbonyl (C=O) groups excluding carboxylic acids is 1. The summed E-state index contributed by atoms with van der Waals surface area (Å²) in [6.07, 6.45) is 4.10. The van der Waals surface area contributed by atoms with Crippen LogP contribution in [0.3, 0.4) is 0 Å². The lowest BCUT2D eigenvalue weighted by Crippen LogP contribution is -2.39. The highest BCUT2D eigenvalue weighted by Gasteiger charge is 2.38. The molecule has 0 radical (unpaired) electrons. The second kappa shape index (κ2) is 7.54. The Hall–Kier alpha value is -3.42. The van der Waals surface area contributed by atoms with Crippen molar-refractivity contribution in [2.45, 2.75) is 31.1 Å². The molecule has 2 aromatic carbocycles. The van der Waals surface area contributed by atoms with Gasteiger partial charge in [-0.2, -0.15) is 5.10 Å². The number of nitrogens with zero attached hydrogens (tertiary/aromatic N) is 2. The topological polar surface area (TPSA) is 110 Å². The van der Waals surface area contributed by atoms with Crippen LogP contribution in [0.5, 0.6) is 5.75 Å². The van der Waals surface area contributed by atoms with Crippen LogP contribution in [0, 0.1) is 10.1 Å². The molecule has 0 spiro atoms. The monoisotopic (exact) mass is 394 g/mol. The first-order chi connectivity index (χ1) is 14.0. The van der Waals surface area contributed by atoms with E-state index in [0.29, 0.717) is 17.4 Å². The van der Waals surface area contributed by atoms with Crippen LogP contribution in [0.2, 0.25) is 0 Å². The highest BCUT2D eigenvalue weighted by molar-refractivity contribution is 6.05. The molecule has 150 valence electrons. The van der Waals surface area contributed by atoms with E-state index in [-0.39, 0.29) is 22.7 Å². The fraction of sp³-hybridized carbons (Fsp3) is 0.333. The molecule has 1 aliphatic rings. The normalized spacial score (nSPS) is 15.3. The van der Waals surface area contributed by atoms with Crippen molar-refractivity contribution in [3.05, 3.63) is 63.8 Å². The molecule has 3 aromatic rings. The smallest absolute Gasteiger partial charge is 0.272 e. The number of aromatic amines is 1. The van der Waals surface area contributed by atoms with E-state index in [0.717, 1.165) is 37.0 Å². The maximum atomic E-state index is 12.9. The van der Waals surface area contributed by atoms with E-state index in [1.54, 1.807) is 13.2 Å². The van der Waals surface area contributed by atoms with Gasteiger partial charge >= 0.3 is 0 Å². The molecule has 1 aromatic heterocycles. The number of non-ortho nitro benzene ring substituents is 1. The molecule has 0 bridgehead atoms. The van der Waals surface area contributed by atoms with Gasteiger partial charge in [-0.15, -0.1) is 0 Å². The number of fused-ring (bicyclic) bond motifs is 1. The number of nitro groups is 1. The average molecular weight is 394 g/mol. The Bertz CT molecular complexity index is 1070. The van der Waals surface area contributed by atoms with Crippen molar-refractivity contribution in [2.24, 2.45) is 0 Å². The maximum absolute atomic E-state index is 12.9. The van der Waals surface area contributed by atoms with Gasteiger partial charge in [-0.3, -0.25) is 20.0 Å². The van der Waals surface area contributed by atoms with Crippen LogP contribution in [0.15, 0.2) is 42.5 Å². The number of H-pyrrole nitrogens is 1. The number of para-hydroxylation sites is 1. The van der Waals surface area contributed by atoms with E-state index < -0.39 is 4.92 Å². The molecule has 4 rings (SSSR count). The van der Waals surface area contributed by atoms with E-state index in [4.69, 9.17) is 4.74 Å². The number of rotatable bonds is 6. The van der Waals surface area contributed by atoms with Gasteiger partial charge in [-0.25, -0.2) is 0 Å². The number of carbonyl (C=O) groups is 1. The minimum absolute atomic E-state index is 0.0748. The molecule has 29 heavy (non-hydrogen) atoms. The van der Waals surface area contributed by atoms with E-state index in [2.05, 4.69) is 21.6 Å². The number of nitro benzene ring substituents is 1. The lowest BCUT2D eigenvalue weighted by Gasteiger charge is -2.31. The van der Waals surface area contributed by atoms with E-state index in [1.165, 1.54) is 12.1 Å². The molecule has 8 heteroatoms. The summed E-state index contributed by atoms with van der Waals surface area (Å²) in [5.74, 6) is 0.474. The van der Waals surface area contributed by atoms with Crippen LogP contribution in [0.1, 0.15) is 41.7 Å². The van der Waals surface area contributed by atoms with Crippen molar-refractivity contribution in [1.29, 1.82) is 0 Å². The SMILES string of the molecule is COc1ccccc1C1(CNC(=O)c2n[nH]c3ccc([N+](=O)[O-])cc23)CCCC1. The van der Waals surface area contributed by atoms with Gasteiger partial charge in [0.2, 0.25) is 0 Å². The minimum atomic E-state index is -0.483. The number of hydrogen-bond acceptors (Lipinski definition) is 5. The molecule has 1 fully saturated rings. The Balaban J connectivity index is 1.60. The molecular formula is C21H22N4O4. The number of nitrogens with one attached hydrogen (secondary N) is 2. The molecule has 1 saturated carbocycles. The first kappa shape index (κ1) is 18.9. The maximum Gasteiger partial charge on any atom is 0.272 e. The molecule has 1 amide bonds. The summed E-state index contributed by atoms with van der Waals surface area (Å²) in [4.78, 5) is 23.5. The quantitative estimate of drug-likeness (QED) is 0.489. The fourth-order valence-electron chi connectivity index (χ4n) is 4.30. The molecule has 1 aliphatic carbocycles. The fourth-order valence-corrected chi connectivity index (χ4v) is 4.30. The van der Waals surface area contributed by atoms with Gasteiger partial charge in [0.25, 0.3) is 11.6 Å². The Labute approximate surface area is 167 Å². The number of methoxy groups -OCH3 is 1. The summed E-state index contributed by atoms with van der Waals surface area (Å²) in [6, 6.07) is 12.2. The van der Waals surface area contributed by atoms with Crippen molar-refractivity contribution in [2.75, 3.05) is 13.7 Å². The number of benzene rings is 2. The molecule has 1 heterocycles. The third-order valence-electron chi connectivity index (χ3n) is 5.80. The van der Waals surface area contributed by atoms with Crippen molar-refractivity contribution in [3.8, 4) is 5.75 Å². The van der Waals surface area contributed by atoms with Gasteiger partial charge in [-0.1, -0.05) is 31.0 Å². The Morgan fingerprint density at radius 1 is 1.28 bits per heavy atom. The predicted octanol–water partition coefficient (Wildman–Crippen LogP) is 3.72. The standard InChI is InChI=1S/C21H22N4O4/c1-29-18-7-3-2-6-16(18)21(10-4-5-11-21)13-22-20(26)19-15-12-14(25(27)28)8-9-17(15)23-24-19/h2-3,6-9,12H,4-5,10-11,13H2,1H3,(H,22,26)(H,23,24). The highest BCUT2D eigenvalue weighted by atomic mass is 16.6. The second-order valence-corrected chi connectivity index (χ2v) is 7.43. The second-order valence-electron chi connectivity index (χ2n) is 7.43. The van der Waals surface area contributed by atoms with Crippen molar-refractivity contribution < 1.29 is 14.5 Å². The number of aromatic nitrogens is 2. The zero-order valence-electron chi connectivity index (χ0n) is 16.1. The van der Waals surface area contributed by atoms with Crippen LogP contribution in [-0.2, 0) is 5.41 Å². The molecule has 0 aliphatic heterocycles.